The van der Waals surface area contributed by atoms with Crippen LogP contribution in [0.3, 0.4) is 0 Å². The first-order valence-electron chi connectivity index (χ1n) is 5.61. The summed E-state index contributed by atoms with van der Waals surface area (Å²) in [6.07, 6.45) is 3.77. The maximum Gasteiger partial charge on any atom is 0.127 e. The van der Waals surface area contributed by atoms with E-state index in [1.165, 1.54) is 0 Å². The lowest BCUT2D eigenvalue weighted by Gasteiger charge is -2.19. The second-order valence-corrected chi connectivity index (χ2v) is 4.35. The maximum absolute atomic E-state index is 5.81. The Balaban J connectivity index is 2.17. The zero-order valence-corrected chi connectivity index (χ0v) is 10.5. The van der Waals surface area contributed by atoms with Gasteiger partial charge in [0.05, 0.1) is 6.54 Å². The number of nitrogens with two attached hydrogens (primary N) is 1. The first kappa shape index (κ1) is 11.5. The molecule has 0 saturated carbocycles. The van der Waals surface area contributed by atoms with Gasteiger partial charge in [0.1, 0.15) is 5.82 Å². The van der Waals surface area contributed by atoms with Crippen LogP contribution in [0.4, 0.5) is 11.4 Å². The third-order valence-corrected chi connectivity index (χ3v) is 2.99. The number of anilines is 2. The van der Waals surface area contributed by atoms with Crippen molar-refractivity contribution < 1.29 is 0 Å². The molecule has 1 heterocycles. The number of nitrogens with zero attached hydrogens (tertiary/aromatic N) is 3. The van der Waals surface area contributed by atoms with Gasteiger partial charge in [0.2, 0.25) is 0 Å². The SMILES string of the molecule is Cc1cc(N(C)Cc2nccn2C)ccc1N. The van der Waals surface area contributed by atoms with E-state index in [0.29, 0.717) is 0 Å². The molecule has 0 atom stereocenters. The smallest absolute Gasteiger partial charge is 0.127 e. The second kappa shape index (κ2) is 4.49. The summed E-state index contributed by atoms with van der Waals surface area (Å²) >= 11 is 0. The second-order valence-electron chi connectivity index (χ2n) is 4.35. The molecule has 2 N–H and O–H groups in total. The van der Waals surface area contributed by atoms with Crippen LogP contribution in [0.1, 0.15) is 11.4 Å². The summed E-state index contributed by atoms with van der Waals surface area (Å²) in [5, 5.41) is 0. The largest absolute Gasteiger partial charge is 0.399 e. The molecule has 0 bridgehead atoms. The molecule has 2 rings (SSSR count). The highest BCUT2D eigenvalue weighted by atomic mass is 15.2. The summed E-state index contributed by atoms with van der Waals surface area (Å²) in [6.45, 7) is 2.81. The predicted molar refractivity (Wildman–Crippen MR) is 70.9 cm³/mol. The van der Waals surface area contributed by atoms with E-state index in [2.05, 4.69) is 23.0 Å². The van der Waals surface area contributed by atoms with Crippen molar-refractivity contribution in [2.24, 2.45) is 7.05 Å². The molecule has 17 heavy (non-hydrogen) atoms. The lowest BCUT2D eigenvalue weighted by atomic mass is 10.2. The Kier molecular flexibility index (Phi) is 3.04. The van der Waals surface area contributed by atoms with Crippen LogP contribution in [-0.2, 0) is 13.6 Å². The molecular weight excluding hydrogens is 212 g/mol. The van der Waals surface area contributed by atoms with Crippen LogP contribution in [0.25, 0.3) is 0 Å². The normalized spacial score (nSPS) is 10.5. The standard InChI is InChI=1S/C13H18N4/c1-10-8-11(4-5-12(10)14)17(3)9-13-15-6-7-16(13)2/h4-8H,9,14H2,1-3H3. The van der Waals surface area contributed by atoms with E-state index in [-0.39, 0.29) is 0 Å². The van der Waals surface area contributed by atoms with Gasteiger partial charge in [-0.2, -0.15) is 0 Å². The van der Waals surface area contributed by atoms with Gasteiger partial charge in [-0.3, -0.25) is 0 Å². The van der Waals surface area contributed by atoms with Gasteiger partial charge in [-0.25, -0.2) is 4.98 Å². The fourth-order valence-corrected chi connectivity index (χ4v) is 1.75. The van der Waals surface area contributed by atoms with Crippen LogP contribution in [0.2, 0.25) is 0 Å². The van der Waals surface area contributed by atoms with Gasteiger partial charge in [0.25, 0.3) is 0 Å². The average Bonchev–Trinajstić information content (AvgIpc) is 2.68. The predicted octanol–water partition coefficient (Wildman–Crippen LogP) is 1.95. The van der Waals surface area contributed by atoms with Gasteiger partial charge in [0.15, 0.2) is 0 Å². The zero-order valence-electron chi connectivity index (χ0n) is 10.5. The van der Waals surface area contributed by atoms with Gasteiger partial charge < -0.3 is 15.2 Å². The first-order chi connectivity index (χ1) is 8.08. The van der Waals surface area contributed by atoms with E-state index in [4.69, 9.17) is 5.73 Å². The molecular formula is C13H18N4. The van der Waals surface area contributed by atoms with Gasteiger partial charge in [-0.1, -0.05) is 0 Å². The summed E-state index contributed by atoms with van der Waals surface area (Å²) < 4.78 is 2.03. The number of aromatic nitrogens is 2. The summed E-state index contributed by atoms with van der Waals surface area (Å²) in [4.78, 5) is 6.48. The number of imidazole rings is 1. The molecule has 0 aliphatic carbocycles. The van der Waals surface area contributed by atoms with Crippen molar-refractivity contribution in [3.8, 4) is 0 Å². The van der Waals surface area contributed by atoms with Crippen LogP contribution < -0.4 is 10.6 Å². The Morgan fingerprint density at radius 1 is 1.41 bits per heavy atom. The molecule has 0 amide bonds. The molecule has 1 aromatic carbocycles. The molecule has 1 aromatic heterocycles. The zero-order chi connectivity index (χ0) is 12.4. The molecule has 0 saturated heterocycles. The van der Waals surface area contributed by atoms with Crippen molar-refractivity contribution in [1.82, 2.24) is 9.55 Å². The molecule has 4 nitrogen and oxygen atoms in total. The average molecular weight is 230 g/mol. The minimum absolute atomic E-state index is 0.785. The van der Waals surface area contributed by atoms with Crippen molar-refractivity contribution in [2.75, 3.05) is 17.7 Å². The van der Waals surface area contributed by atoms with E-state index in [1.807, 2.05) is 43.1 Å². The summed E-state index contributed by atoms with van der Waals surface area (Å²) in [6, 6.07) is 6.07. The van der Waals surface area contributed by atoms with Crippen molar-refractivity contribution >= 4 is 11.4 Å². The number of hydrogen-bond acceptors (Lipinski definition) is 3. The molecule has 0 radical (unpaired) electrons. The molecule has 90 valence electrons. The molecule has 0 spiro atoms. The number of nitrogen functional groups attached to an aromatic ring is 1. The van der Waals surface area contributed by atoms with E-state index in [1.54, 1.807) is 0 Å². The van der Waals surface area contributed by atoms with Crippen LogP contribution in [0.15, 0.2) is 30.6 Å². The van der Waals surface area contributed by atoms with Crippen molar-refractivity contribution in [3.63, 3.8) is 0 Å². The molecule has 4 heteroatoms. The fourth-order valence-electron chi connectivity index (χ4n) is 1.75. The highest BCUT2D eigenvalue weighted by Crippen LogP contribution is 2.20. The molecule has 0 unspecified atom stereocenters. The lowest BCUT2D eigenvalue weighted by Crippen LogP contribution is -2.19. The minimum atomic E-state index is 0.785. The topological polar surface area (TPSA) is 47.1 Å². The Labute approximate surface area is 102 Å². The van der Waals surface area contributed by atoms with E-state index < -0.39 is 0 Å². The van der Waals surface area contributed by atoms with Gasteiger partial charge >= 0.3 is 0 Å². The van der Waals surface area contributed by atoms with Crippen LogP contribution in [0, 0.1) is 6.92 Å². The fraction of sp³-hybridized carbons (Fsp3) is 0.308. The van der Waals surface area contributed by atoms with Gasteiger partial charge in [0, 0.05) is 37.9 Å². The monoisotopic (exact) mass is 230 g/mol. The van der Waals surface area contributed by atoms with Crippen molar-refractivity contribution in [2.45, 2.75) is 13.5 Å². The molecule has 0 aliphatic rings. The molecule has 0 fully saturated rings. The Morgan fingerprint density at radius 2 is 2.18 bits per heavy atom. The van der Waals surface area contributed by atoms with Gasteiger partial charge in [-0.15, -0.1) is 0 Å². The summed E-state index contributed by atoms with van der Waals surface area (Å²) in [5.41, 5.74) is 8.90. The molecule has 0 aliphatic heterocycles. The first-order valence-corrected chi connectivity index (χ1v) is 5.61. The van der Waals surface area contributed by atoms with Crippen LogP contribution in [0.5, 0.6) is 0 Å². The Hall–Kier alpha value is -1.97. The minimum Gasteiger partial charge on any atom is -0.399 e. The van der Waals surface area contributed by atoms with Crippen LogP contribution >= 0.6 is 0 Å². The lowest BCUT2D eigenvalue weighted by molar-refractivity contribution is 0.761. The quantitative estimate of drug-likeness (QED) is 0.820. The molecule has 2 aromatic rings. The Morgan fingerprint density at radius 3 is 2.76 bits per heavy atom. The van der Waals surface area contributed by atoms with Crippen LogP contribution in [-0.4, -0.2) is 16.6 Å². The van der Waals surface area contributed by atoms with Gasteiger partial charge in [-0.05, 0) is 30.7 Å². The number of hydrogen-bond donors (Lipinski definition) is 1. The van der Waals surface area contributed by atoms with E-state index >= 15 is 0 Å². The van der Waals surface area contributed by atoms with E-state index in [9.17, 15) is 0 Å². The van der Waals surface area contributed by atoms with Crippen molar-refractivity contribution in [3.05, 3.63) is 42.0 Å². The number of aryl methyl sites for hydroxylation is 2. The maximum atomic E-state index is 5.81. The Bertz CT molecular complexity index is 516. The highest BCUT2D eigenvalue weighted by Gasteiger charge is 2.06. The van der Waals surface area contributed by atoms with E-state index in [0.717, 1.165) is 29.3 Å². The van der Waals surface area contributed by atoms with Crippen molar-refractivity contribution in [1.29, 1.82) is 0 Å². The summed E-state index contributed by atoms with van der Waals surface area (Å²) in [5.74, 6) is 1.04. The third-order valence-electron chi connectivity index (χ3n) is 2.99. The highest BCUT2D eigenvalue weighted by molar-refractivity contribution is 5.57. The summed E-state index contributed by atoms with van der Waals surface area (Å²) in [7, 11) is 4.06. The number of benzene rings is 1. The third kappa shape index (κ3) is 2.41. The number of rotatable bonds is 3.